The predicted molar refractivity (Wildman–Crippen MR) is 198 cm³/mol. The van der Waals surface area contributed by atoms with Gasteiger partial charge in [0.15, 0.2) is 5.69 Å². The third kappa shape index (κ3) is 9.14. The number of fused-ring (bicyclic) bond motifs is 1. The molecule has 1 atom stereocenters. The highest BCUT2D eigenvalue weighted by Gasteiger charge is 2.27. The van der Waals surface area contributed by atoms with Crippen LogP contribution in [0, 0.1) is 11.7 Å². The van der Waals surface area contributed by atoms with E-state index in [0.717, 1.165) is 36.9 Å². The zero-order valence-electron chi connectivity index (χ0n) is 30.0. The second-order valence-electron chi connectivity index (χ2n) is 13.6. The van der Waals surface area contributed by atoms with Crippen molar-refractivity contribution in [2.45, 2.75) is 57.7 Å². The van der Waals surface area contributed by atoms with Gasteiger partial charge in [-0.05, 0) is 42.2 Å². The first-order valence-corrected chi connectivity index (χ1v) is 18.2. The third-order valence-electron chi connectivity index (χ3n) is 9.76. The Hall–Kier alpha value is -5.97. The molecule has 0 spiro atoms. The van der Waals surface area contributed by atoms with Crippen molar-refractivity contribution in [2.75, 3.05) is 49.2 Å². The minimum absolute atomic E-state index is 0.0454. The fourth-order valence-electron chi connectivity index (χ4n) is 7.00. The molecule has 1 amide bonds. The molecule has 1 aliphatic carbocycles. The standard InChI is InChI=1S/C37H43FN12O4/c1-54-34(53)29(19-23-6-3-2-4-7-23)45-37-47-35(41-21-30-43-27-11-10-25(38)20-28(27)44-30)46-36(48-37)42-26-9-5-8-24(18-26)22-49-14-16-50(17-15-49)33(52)31-32(51)40-13-12-39-31/h5,8-13,18,20,23,29H,2-4,6-7,14-17,19,21-22H2,1H3,(H,40,51)(H,43,44)(H3,41,42,45,46,47,48)/t29-/m0/s1. The lowest BCUT2D eigenvalue weighted by molar-refractivity contribution is -0.142. The number of anilines is 4. The van der Waals surface area contributed by atoms with E-state index in [4.69, 9.17) is 4.74 Å². The maximum atomic E-state index is 13.8. The van der Waals surface area contributed by atoms with Crippen molar-refractivity contribution >= 4 is 46.4 Å². The topological polar surface area (TPSA) is 199 Å². The Bertz CT molecular complexity index is 2080. The number of ether oxygens (including phenoxy) is 1. The lowest BCUT2D eigenvalue weighted by Crippen LogP contribution is -2.48. The van der Waals surface area contributed by atoms with E-state index in [9.17, 15) is 19.1 Å². The van der Waals surface area contributed by atoms with Crippen molar-refractivity contribution in [3.63, 3.8) is 0 Å². The summed E-state index contributed by atoms with van der Waals surface area (Å²) in [5.74, 6) is 0.177. The number of nitrogens with zero attached hydrogens (tertiary/aromatic N) is 8. The molecule has 54 heavy (non-hydrogen) atoms. The van der Waals surface area contributed by atoms with Crippen LogP contribution in [0.25, 0.3) is 11.0 Å². The van der Waals surface area contributed by atoms with Crippen molar-refractivity contribution in [3.8, 4) is 5.88 Å². The molecule has 1 saturated heterocycles. The molecule has 5 N–H and O–H groups in total. The molecule has 1 saturated carbocycles. The molecular weight excluding hydrogens is 695 g/mol. The molecule has 0 unspecified atom stereocenters. The first-order valence-electron chi connectivity index (χ1n) is 18.2. The van der Waals surface area contributed by atoms with Gasteiger partial charge in [0.2, 0.25) is 23.7 Å². The van der Waals surface area contributed by atoms with Crippen LogP contribution in [-0.4, -0.2) is 101 Å². The number of carbonyl (C=O) groups excluding carboxylic acids is 2. The number of piperazine rings is 1. The number of esters is 1. The fraction of sp³-hybridized carbons (Fsp3) is 0.405. The Morgan fingerprint density at radius 3 is 2.54 bits per heavy atom. The van der Waals surface area contributed by atoms with Crippen molar-refractivity contribution in [1.82, 2.24) is 44.7 Å². The number of halogens is 1. The number of aromatic amines is 1. The van der Waals surface area contributed by atoms with Crippen molar-refractivity contribution in [2.24, 2.45) is 5.92 Å². The Kier molecular flexibility index (Phi) is 11.3. The Morgan fingerprint density at radius 1 is 0.963 bits per heavy atom. The Labute approximate surface area is 311 Å². The summed E-state index contributed by atoms with van der Waals surface area (Å²) in [6.07, 6.45) is 8.95. The SMILES string of the molecule is COC(=O)[C@H](CC1CCCCC1)Nc1nc(NCc2nc3cc(F)ccc3[nH]2)nc(Nc2cccc(CN3CCN(C(=O)c4nccnc4O)CC3)c2)n1. The maximum Gasteiger partial charge on any atom is 0.328 e. The molecule has 5 aromatic rings. The summed E-state index contributed by atoms with van der Waals surface area (Å²) in [6.45, 7) is 3.13. The quantitative estimate of drug-likeness (QED) is 0.105. The van der Waals surface area contributed by atoms with E-state index in [-0.39, 0.29) is 53.7 Å². The van der Waals surface area contributed by atoms with Crippen molar-refractivity contribution in [1.29, 1.82) is 0 Å². The van der Waals surface area contributed by atoms with Gasteiger partial charge in [0, 0.05) is 56.9 Å². The number of methoxy groups -OCH3 is 1. The van der Waals surface area contributed by atoms with E-state index in [2.05, 4.69) is 55.7 Å². The van der Waals surface area contributed by atoms with Crippen LogP contribution in [0.4, 0.5) is 27.9 Å². The van der Waals surface area contributed by atoms with E-state index >= 15 is 0 Å². The van der Waals surface area contributed by atoms with Crippen LogP contribution in [0.5, 0.6) is 5.88 Å². The number of H-pyrrole nitrogens is 1. The molecule has 282 valence electrons. The zero-order chi connectivity index (χ0) is 37.4. The number of benzene rings is 2. The Balaban J connectivity index is 1.05. The van der Waals surface area contributed by atoms with Crippen LogP contribution in [0.2, 0.25) is 0 Å². The number of imidazole rings is 1. The van der Waals surface area contributed by atoms with Crippen LogP contribution >= 0.6 is 0 Å². The minimum atomic E-state index is -0.642. The summed E-state index contributed by atoms with van der Waals surface area (Å²) >= 11 is 0. The second kappa shape index (κ2) is 16.8. The van der Waals surface area contributed by atoms with Gasteiger partial charge in [-0.2, -0.15) is 15.0 Å². The van der Waals surface area contributed by atoms with Crippen LogP contribution in [-0.2, 0) is 22.6 Å². The number of aromatic hydroxyl groups is 1. The molecule has 0 bridgehead atoms. The maximum absolute atomic E-state index is 13.8. The van der Waals surface area contributed by atoms with Gasteiger partial charge < -0.3 is 35.7 Å². The summed E-state index contributed by atoms with van der Waals surface area (Å²) < 4.78 is 18.9. The van der Waals surface area contributed by atoms with Crippen LogP contribution < -0.4 is 16.0 Å². The van der Waals surface area contributed by atoms with Crippen LogP contribution in [0.15, 0.2) is 54.9 Å². The zero-order valence-corrected chi connectivity index (χ0v) is 30.0. The average molecular weight is 739 g/mol. The average Bonchev–Trinajstić information content (AvgIpc) is 3.59. The van der Waals surface area contributed by atoms with E-state index in [1.54, 1.807) is 11.0 Å². The summed E-state index contributed by atoms with van der Waals surface area (Å²) in [6, 6.07) is 11.6. The molecule has 2 aromatic carbocycles. The van der Waals surface area contributed by atoms with Gasteiger partial charge in [-0.25, -0.2) is 24.1 Å². The molecule has 4 heterocycles. The molecule has 2 fully saturated rings. The highest BCUT2D eigenvalue weighted by molar-refractivity contribution is 5.94. The lowest BCUT2D eigenvalue weighted by atomic mass is 9.85. The fourth-order valence-corrected chi connectivity index (χ4v) is 7.00. The second-order valence-corrected chi connectivity index (χ2v) is 13.6. The number of nitrogens with one attached hydrogen (secondary N) is 4. The van der Waals surface area contributed by atoms with E-state index < -0.39 is 6.04 Å². The Morgan fingerprint density at radius 2 is 1.74 bits per heavy atom. The van der Waals surface area contributed by atoms with Gasteiger partial charge in [0.25, 0.3) is 5.91 Å². The minimum Gasteiger partial charge on any atom is -0.492 e. The van der Waals surface area contributed by atoms with Crippen LogP contribution in [0.1, 0.15) is 60.4 Å². The largest absolute Gasteiger partial charge is 0.492 e. The predicted octanol–water partition coefficient (Wildman–Crippen LogP) is 4.62. The molecule has 17 heteroatoms. The van der Waals surface area contributed by atoms with Crippen molar-refractivity contribution < 1.29 is 23.8 Å². The number of hydrogen-bond donors (Lipinski definition) is 5. The van der Waals surface area contributed by atoms with E-state index in [1.807, 2.05) is 24.3 Å². The smallest absolute Gasteiger partial charge is 0.328 e. The first kappa shape index (κ1) is 36.4. The molecular formula is C37H43FN12O4. The van der Waals surface area contributed by atoms with E-state index in [0.29, 0.717) is 61.9 Å². The molecule has 0 radical (unpaired) electrons. The third-order valence-corrected chi connectivity index (χ3v) is 9.76. The summed E-state index contributed by atoms with van der Waals surface area (Å²) in [4.78, 5) is 59.0. The van der Waals surface area contributed by atoms with Gasteiger partial charge in [-0.15, -0.1) is 0 Å². The monoisotopic (exact) mass is 738 g/mol. The summed E-state index contributed by atoms with van der Waals surface area (Å²) in [5, 5.41) is 19.7. The highest BCUT2D eigenvalue weighted by atomic mass is 19.1. The van der Waals surface area contributed by atoms with Gasteiger partial charge in [-0.3, -0.25) is 9.69 Å². The number of hydrogen-bond acceptors (Lipinski definition) is 14. The number of carbonyl (C=O) groups is 2. The molecule has 3 aromatic heterocycles. The molecule has 16 nitrogen and oxygen atoms in total. The van der Waals surface area contributed by atoms with Crippen LogP contribution in [0.3, 0.4) is 0 Å². The first-order chi connectivity index (χ1) is 26.3. The number of rotatable bonds is 13. The lowest BCUT2D eigenvalue weighted by Gasteiger charge is -2.34. The summed E-state index contributed by atoms with van der Waals surface area (Å²) in [7, 11) is 1.38. The van der Waals surface area contributed by atoms with Gasteiger partial charge in [0.05, 0.1) is 24.7 Å². The van der Waals surface area contributed by atoms with Gasteiger partial charge in [-0.1, -0.05) is 44.2 Å². The van der Waals surface area contributed by atoms with Gasteiger partial charge >= 0.3 is 5.97 Å². The normalized spacial score (nSPS) is 15.9. The molecule has 7 rings (SSSR count). The number of aromatic nitrogens is 7. The highest BCUT2D eigenvalue weighted by Crippen LogP contribution is 2.29. The molecule has 2 aliphatic rings. The van der Waals surface area contributed by atoms with E-state index in [1.165, 1.54) is 38.1 Å². The summed E-state index contributed by atoms with van der Waals surface area (Å²) in [5.41, 5.74) is 2.95. The number of amides is 1. The molecule has 1 aliphatic heterocycles. The van der Waals surface area contributed by atoms with Crippen molar-refractivity contribution in [3.05, 3.63) is 77.8 Å². The van der Waals surface area contributed by atoms with Gasteiger partial charge in [0.1, 0.15) is 17.7 Å².